The molecule has 1 amide bonds. The van der Waals surface area contributed by atoms with Crippen LogP contribution in [0.15, 0.2) is 24.8 Å². The highest BCUT2D eigenvalue weighted by Gasteiger charge is 2.30. The summed E-state index contributed by atoms with van der Waals surface area (Å²) in [5.74, 6) is 0.248. The molecule has 0 saturated heterocycles. The SMILES string of the molecule is C=CC(=O)NCc1cc(C(C)(C)CCCC)c(O)c(C(C)(C)CCCC)c1. The molecule has 0 heterocycles. The average Bonchev–Trinajstić information content (AvgIpc) is 2.63. The smallest absolute Gasteiger partial charge is 0.243 e. The lowest BCUT2D eigenvalue weighted by atomic mass is 9.73. The summed E-state index contributed by atoms with van der Waals surface area (Å²) in [6.07, 6.45) is 7.85. The zero-order chi connectivity index (χ0) is 20.7. The van der Waals surface area contributed by atoms with Gasteiger partial charge in [0.1, 0.15) is 5.75 Å². The van der Waals surface area contributed by atoms with E-state index in [4.69, 9.17) is 0 Å². The molecule has 27 heavy (non-hydrogen) atoms. The van der Waals surface area contributed by atoms with Gasteiger partial charge in [0.25, 0.3) is 0 Å². The summed E-state index contributed by atoms with van der Waals surface area (Å²) in [5.41, 5.74) is 2.77. The van der Waals surface area contributed by atoms with Gasteiger partial charge in [-0.25, -0.2) is 0 Å². The minimum absolute atomic E-state index is 0.117. The summed E-state index contributed by atoms with van der Waals surface area (Å²) < 4.78 is 0. The molecule has 0 spiro atoms. The van der Waals surface area contributed by atoms with Crippen molar-refractivity contribution in [2.24, 2.45) is 0 Å². The van der Waals surface area contributed by atoms with Gasteiger partial charge in [0.2, 0.25) is 5.91 Å². The molecular weight excluding hydrogens is 334 g/mol. The molecule has 0 aliphatic heterocycles. The van der Waals surface area contributed by atoms with Gasteiger partial charge in [-0.1, -0.05) is 73.8 Å². The third kappa shape index (κ3) is 6.41. The molecule has 0 aliphatic carbocycles. The summed E-state index contributed by atoms with van der Waals surface area (Å²) in [6, 6.07) is 4.13. The fraction of sp³-hybridized carbons (Fsp3) is 0.625. The number of rotatable bonds is 11. The van der Waals surface area contributed by atoms with E-state index in [1.54, 1.807) is 0 Å². The molecule has 2 N–H and O–H groups in total. The Morgan fingerprint density at radius 1 is 1.04 bits per heavy atom. The molecule has 1 aromatic carbocycles. The molecule has 0 fully saturated rings. The summed E-state index contributed by atoms with van der Waals surface area (Å²) in [4.78, 5) is 11.6. The van der Waals surface area contributed by atoms with Crippen LogP contribution in [0.1, 0.15) is 96.8 Å². The van der Waals surface area contributed by atoms with Crippen LogP contribution in [-0.4, -0.2) is 11.0 Å². The van der Waals surface area contributed by atoms with E-state index >= 15 is 0 Å². The first-order valence-electron chi connectivity index (χ1n) is 10.4. The lowest BCUT2D eigenvalue weighted by molar-refractivity contribution is -0.116. The van der Waals surface area contributed by atoms with Crippen molar-refractivity contribution in [2.45, 2.75) is 97.4 Å². The van der Waals surface area contributed by atoms with E-state index in [-0.39, 0.29) is 16.7 Å². The molecule has 0 aliphatic rings. The van der Waals surface area contributed by atoms with E-state index in [9.17, 15) is 9.90 Å². The van der Waals surface area contributed by atoms with Gasteiger partial charge < -0.3 is 10.4 Å². The van der Waals surface area contributed by atoms with Gasteiger partial charge in [0.15, 0.2) is 0 Å². The zero-order valence-corrected chi connectivity index (χ0v) is 18.2. The Bertz CT molecular complexity index is 603. The minimum atomic E-state index is -0.179. The standard InChI is InChI=1S/C24H39NO2/c1-8-11-13-23(4,5)19-15-18(17-25-21(26)10-3)16-20(22(19)27)24(6,7)14-12-9-2/h10,15-16,27H,3,8-9,11-14,17H2,1-2,4-7H3,(H,25,26). The molecule has 0 atom stereocenters. The summed E-state index contributed by atoms with van der Waals surface area (Å²) in [6.45, 7) is 17.1. The lowest BCUT2D eigenvalue weighted by Crippen LogP contribution is -2.24. The third-order valence-corrected chi connectivity index (χ3v) is 5.59. The maximum atomic E-state index is 11.6. The van der Waals surface area contributed by atoms with Crippen LogP contribution in [0.3, 0.4) is 0 Å². The quantitative estimate of drug-likeness (QED) is 0.458. The Morgan fingerprint density at radius 3 is 1.85 bits per heavy atom. The second kappa shape index (κ2) is 9.96. The van der Waals surface area contributed by atoms with Crippen molar-refractivity contribution in [1.82, 2.24) is 5.32 Å². The molecule has 0 radical (unpaired) electrons. The van der Waals surface area contributed by atoms with E-state index in [0.717, 1.165) is 55.2 Å². The van der Waals surface area contributed by atoms with Crippen LogP contribution < -0.4 is 5.32 Å². The number of phenols is 1. The minimum Gasteiger partial charge on any atom is -0.507 e. The van der Waals surface area contributed by atoms with Crippen LogP contribution in [0.4, 0.5) is 0 Å². The Labute approximate surface area is 166 Å². The van der Waals surface area contributed by atoms with E-state index in [1.807, 2.05) is 0 Å². The molecule has 0 unspecified atom stereocenters. The number of carbonyl (C=O) groups is 1. The number of benzene rings is 1. The molecule has 3 heteroatoms. The van der Waals surface area contributed by atoms with Gasteiger partial charge >= 0.3 is 0 Å². The first-order valence-corrected chi connectivity index (χ1v) is 10.4. The highest BCUT2D eigenvalue weighted by molar-refractivity contribution is 5.86. The highest BCUT2D eigenvalue weighted by Crippen LogP contribution is 2.43. The van der Waals surface area contributed by atoms with Gasteiger partial charge in [-0.15, -0.1) is 0 Å². The van der Waals surface area contributed by atoms with Crippen LogP contribution >= 0.6 is 0 Å². The summed E-state index contributed by atoms with van der Waals surface area (Å²) in [7, 11) is 0. The molecule has 1 rings (SSSR count). The van der Waals surface area contributed by atoms with Crippen LogP contribution in [0.5, 0.6) is 5.75 Å². The summed E-state index contributed by atoms with van der Waals surface area (Å²) >= 11 is 0. The van der Waals surface area contributed by atoms with Crippen molar-refractivity contribution in [3.8, 4) is 5.75 Å². The van der Waals surface area contributed by atoms with Gasteiger partial charge in [-0.2, -0.15) is 0 Å². The monoisotopic (exact) mass is 373 g/mol. The van der Waals surface area contributed by atoms with Crippen molar-refractivity contribution >= 4 is 5.91 Å². The van der Waals surface area contributed by atoms with Crippen LogP contribution in [0.2, 0.25) is 0 Å². The maximum Gasteiger partial charge on any atom is 0.243 e. The number of unbranched alkanes of at least 4 members (excludes halogenated alkanes) is 2. The number of phenolic OH excluding ortho intramolecular Hbond substituents is 1. The van der Waals surface area contributed by atoms with Gasteiger partial charge in [0, 0.05) is 17.7 Å². The highest BCUT2D eigenvalue weighted by atomic mass is 16.3. The van der Waals surface area contributed by atoms with E-state index < -0.39 is 0 Å². The van der Waals surface area contributed by atoms with Crippen molar-refractivity contribution in [3.63, 3.8) is 0 Å². The molecule has 0 saturated carbocycles. The van der Waals surface area contributed by atoms with Crippen molar-refractivity contribution in [3.05, 3.63) is 41.5 Å². The van der Waals surface area contributed by atoms with E-state index in [0.29, 0.717) is 12.3 Å². The first-order chi connectivity index (χ1) is 12.6. The zero-order valence-electron chi connectivity index (χ0n) is 18.2. The Kier molecular flexibility index (Phi) is 8.59. The van der Waals surface area contributed by atoms with Crippen LogP contribution in [0.25, 0.3) is 0 Å². The van der Waals surface area contributed by atoms with Crippen molar-refractivity contribution in [2.75, 3.05) is 0 Å². The van der Waals surface area contributed by atoms with Crippen LogP contribution in [0, 0.1) is 0 Å². The molecule has 0 bridgehead atoms. The predicted octanol–water partition coefficient (Wildman–Crippen LogP) is 6.13. The number of hydrogen-bond donors (Lipinski definition) is 2. The number of aromatic hydroxyl groups is 1. The first kappa shape index (κ1) is 23.3. The topological polar surface area (TPSA) is 49.3 Å². The van der Waals surface area contributed by atoms with Gasteiger partial charge in [0.05, 0.1) is 0 Å². The van der Waals surface area contributed by atoms with Crippen molar-refractivity contribution in [1.29, 1.82) is 0 Å². The largest absolute Gasteiger partial charge is 0.507 e. The van der Waals surface area contributed by atoms with Crippen LogP contribution in [-0.2, 0) is 22.2 Å². The normalized spacial score (nSPS) is 12.1. The number of nitrogens with one attached hydrogen (secondary N) is 1. The maximum absolute atomic E-state index is 11.6. The fourth-order valence-corrected chi connectivity index (χ4v) is 3.60. The third-order valence-electron chi connectivity index (χ3n) is 5.59. The average molecular weight is 374 g/mol. The van der Waals surface area contributed by atoms with E-state index in [1.165, 1.54) is 6.08 Å². The van der Waals surface area contributed by atoms with Gasteiger partial charge in [-0.05, 0) is 47.4 Å². The fourth-order valence-electron chi connectivity index (χ4n) is 3.60. The summed E-state index contributed by atoms with van der Waals surface area (Å²) in [5, 5.41) is 14.1. The lowest BCUT2D eigenvalue weighted by Gasteiger charge is -2.32. The number of hydrogen-bond acceptors (Lipinski definition) is 2. The molecular formula is C24H39NO2. The molecule has 3 nitrogen and oxygen atoms in total. The number of amides is 1. The number of carbonyl (C=O) groups excluding carboxylic acids is 1. The van der Waals surface area contributed by atoms with Crippen molar-refractivity contribution < 1.29 is 9.90 Å². The molecule has 152 valence electrons. The van der Waals surface area contributed by atoms with Gasteiger partial charge in [-0.3, -0.25) is 4.79 Å². The van der Waals surface area contributed by atoms with E-state index in [2.05, 4.69) is 65.6 Å². The Hall–Kier alpha value is -1.77. The second-order valence-electron chi connectivity index (χ2n) is 8.94. The second-order valence-corrected chi connectivity index (χ2v) is 8.94. The molecule has 0 aromatic heterocycles. The Balaban J connectivity index is 3.41. The Morgan fingerprint density at radius 2 is 1.48 bits per heavy atom. The molecule has 1 aromatic rings. The predicted molar refractivity (Wildman–Crippen MR) is 115 cm³/mol.